The van der Waals surface area contributed by atoms with Crippen LogP contribution in [0.3, 0.4) is 0 Å². The molecule has 0 bridgehead atoms. The van der Waals surface area contributed by atoms with E-state index < -0.39 is 0 Å². The highest BCUT2D eigenvalue weighted by molar-refractivity contribution is 5.92. The Bertz CT molecular complexity index is 498. The lowest BCUT2D eigenvalue weighted by Crippen LogP contribution is -2.49. The molecule has 0 saturated carbocycles. The summed E-state index contributed by atoms with van der Waals surface area (Å²) in [5.74, 6) is 0.932. The van der Waals surface area contributed by atoms with E-state index in [0.29, 0.717) is 31.8 Å². The number of piperidine rings is 1. The second-order valence-electron chi connectivity index (χ2n) is 5.40. The number of nitrogens with one attached hydrogen (secondary N) is 1. The molecule has 1 unspecified atom stereocenters. The number of likely N-dealkylation sites (tertiary alicyclic amines) is 1. The molecule has 6 nitrogen and oxygen atoms in total. The summed E-state index contributed by atoms with van der Waals surface area (Å²) in [6.45, 7) is 3.34. The quantitative estimate of drug-likeness (QED) is 0.849. The first-order chi connectivity index (χ1) is 10.1. The van der Waals surface area contributed by atoms with Gasteiger partial charge in [0.25, 0.3) is 5.91 Å². The fourth-order valence-electron chi connectivity index (χ4n) is 2.62. The van der Waals surface area contributed by atoms with Gasteiger partial charge in [-0.3, -0.25) is 9.59 Å². The number of rotatable bonds is 5. The van der Waals surface area contributed by atoms with Crippen LogP contribution in [-0.2, 0) is 4.79 Å². The predicted octanol–water partition coefficient (Wildman–Crippen LogP) is 1.05. The van der Waals surface area contributed by atoms with E-state index in [0.717, 1.165) is 25.0 Å². The number of nitrogens with zero attached hydrogens (tertiary/aromatic N) is 1. The average molecular weight is 293 g/mol. The maximum absolute atomic E-state index is 12.5. The number of aryl methyl sites for hydroxylation is 1. The van der Waals surface area contributed by atoms with Gasteiger partial charge in [0.05, 0.1) is 0 Å². The van der Waals surface area contributed by atoms with Crippen molar-refractivity contribution in [1.82, 2.24) is 10.2 Å². The molecular weight excluding hydrogens is 270 g/mol. The van der Waals surface area contributed by atoms with Gasteiger partial charge in [-0.2, -0.15) is 0 Å². The number of hydrogen-bond acceptors (Lipinski definition) is 4. The van der Waals surface area contributed by atoms with E-state index in [-0.39, 0.29) is 17.9 Å². The SMILES string of the molecule is Cc1ccc(C(=O)N2CCCCC2CNC(=O)CCN)o1. The summed E-state index contributed by atoms with van der Waals surface area (Å²) in [7, 11) is 0. The van der Waals surface area contributed by atoms with Crippen LogP contribution in [0.5, 0.6) is 0 Å². The third kappa shape index (κ3) is 4.07. The largest absolute Gasteiger partial charge is 0.456 e. The van der Waals surface area contributed by atoms with Crippen LogP contribution in [0.25, 0.3) is 0 Å². The fourth-order valence-corrected chi connectivity index (χ4v) is 2.62. The Labute approximate surface area is 124 Å². The second-order valence-corrected chi connectivity index (χ2v) is 5.40. The van der Waals surface area contributed by atoms with Gasteiger partial charge in [-0.15, -0.1) is 0 Å². The molecule has 3 N–H and O–H groups in total. The first-order valence-electron chi connectivity index (χ1n) is 7.46. The van der Waals surface area contributed by atoms with Crippen LogP contribution in [0.1, 0.15) is 42.0 Å². The Balaban J connectivity index is 1.98. The van der Waals surface area contributed by atoms with Crippen LogP contribution in [0.2, 0.25) is 0 Å². The molecule has 2 amide bonds. The zero-order chi connectivity index (χ0) is 15.2. The van der Waals surface area contributed by atoms with E-state index in [9.17, 15) is 9.59 Å². The molecule has 2 rings (SSSR count). The highest BCUT2D eigenvalue weighted by atomic mass is 16.3. The molecule has 1 aliphatic heterocycles. The van der Waals surface area contributed by atoms with Crippen molar-refractivity contribution in [3.05, 3.63) is 23.7 Å². The number of amides is 2. The van der Waals surface area contributed by atoms with Gasteiger partial charge in [-0.05, 0) is 38.3 Å². The normalized spacial score (nSPS) is 18.6. The molecule has 0 aliphatic carbocycles. The van der Waals surface area contributed by atoms with E-state index in [4.69, 9.17) is 10.2 Å². The first kappa shape index (κ1) is 15.6. The van der Waals surface area contributed by atoms with Crippen molar-refractivity contribution in [2.24, 2.45) is 5.73 Å². The van der Waals surface area contributed by atoms with Crippen LogP contribution in [-0.4, -0.2) is 42.4 Å². The molecule has 0 radical (unpaired) electrons. The summed E-state index contributed by atoms with van der Waals surface area (Å²) >= 11 is 0. The fraction of sp³-hybridized carbons (Fsp3) is 0.600. The number of nitrogens with two attached hydrogens (primary N) is 1. The maximum atomic E-state index is 12.5. The summed E-state index contributed by atoms with van der Waals surface area (Å²) < 4.78 is 5.42. The second kappa shape index (κ2) is 7.26. The highest BCUT2D eigenvalue weighted by Crippen LogP contribution is 2.20. The van der Waals surface area contributed by atoms with Crippen LogP contribution in [0.15, 0.2) is 16.5 Å². The lowest BCUT2D eigenvalue weighted by molar-refractivity contribution is -0.121. The van der Waals surface area contributed by atoms with Crippen molar-refractivity contribution in [1.29, 1.82) is 0 Å². The third-order valence-electron chi connectivity index (χ3n) is 3.75. The topological polar surface area (TPSA) is 88.6 Å². The molecule has 1 aromatic heterocycles. The monoisotopic (exact) mass is 293 g/mol. The molecule has 116 valence electrons. The van der Waals surface area contributed by atoms with E-state index in [1.54, 1.807) is 12.1 Å². The van der Waals surface area contributed by atoms with E-state index in [1.807, 2.05) is 11.8 Å². The summed E-state index contributed by atoms with van der Waals surface area (Å²) in [6.07, 6.45) is 3.27. The van der Waals surface area contributed by atoms with Gasteiger partial charge >= 0.3 is 0 Å². The number of carbonyl (C=O) groups excluding carboxylic acids is 2. The molecule has 1 atom stereocenters. The molecule has 1 fully saturated rings. The summed E-state index contributed by atoms with van der Waals surface area (Å²) in [5, 5.41) is 2.85. The summed E-state index contributed by atoms with van der Waals surface area (Å²) in [5.41, 5.74) is 5.35. The predicted molar refractivity (Wildman–Crippen MR) is 78.8 cm³/mol. The van der Waals surface area contributed by atoms with Crippen molar-refractivity contribution in [3.8, 4) is 0 Å². The highest BCUT2D eigenvalue weighted by Gasteiger charge is 2.29. The van der Waals surface area contributed by atoms with Crippen LogP contribution in [0.4, 0.5) is 0 Å². The van der Waals surface area contributed by atoms with Crippen LogP contribution < -0.4 is 11.1 Å². The van der Waals surface area contributed by atoms with Crippen LogP contribution in [0, 0.1) is 6.92 Å². The van der Waals surface area contributed by atoms with Gasteiger partial charge in [0, 0.05) is 32.1 Å². The Morgan fingerprint density at radius 1 is 1.43 bits per heavy atom. The van der Waals surface area contributed by atoms with Gasteiger partial charge in [0.1, 0.15) is 5.76 Å². The molecule has 21 heavy (non-hydrogen) atoms. The minimum absolute atomic E-state index is 0.0263. The molecule has 2 heterocycles. The van der Waals surface area contributed by atoms with Gasteiger partial charge in [-0.25, -0.2) is 0 Å². The summed E-state index contributed by atoms with van der Waals surface area (Å²) in [4.78, 5) is 25.8. The van der Waals surface area contributed by atoms with Gasteiger partial charge in [-0.1, -0.05) is 0 Å². The van der Waals surface area contributed by atoms with Crippen molar-refractivity contribution >= 4 is 11.8 Å². The molecular formula is C15H23N3O3. The van der Waals surface area contributed by atoms with E-state index >= 15 is 0 Å². The van der Waals surface area contributed by atoms with Crippen molar-refractivity contribution < 1.29 is 14.0 Å². The zero-order valence-electron chi connectivity index (χ0n) is 12.4. The average Bonchev–Trinajstić information content (AvgIpc) is 2.91. The zero-order valence-corrected chi connectivity index (χ0v) is 12.4. The van der Waals surface area contributed by atoms with Crippen LogP contribution >= 0.6 is 0 Å². The van der Waals surface area contributed by atoms with Crippen molar-refractivity contribution in [3.63, 3.8) is 0 Å². The molecule has 0 aromatic carbocycles. The minimum Gasteiger partial charge on any atom is -0.456 e. The van der Waals surface area contributed by atoms with Gasteiger partial charge in [0.2, 0.25) is 5.91 Å². The van der Waals surface area contributed by atoms with Crippen molar-refractivity contribution in [2.75, 3.05) is 19.6 Å². The Kier molecular flexibility index (Phi) is 5.38. The Morgan fingerprint density at radius 2 is 2.24 bits per heavy atom. The summed E-state index contributed by atoms with van der Waals surface area (Å²) in [6, 6.07) is 3.52. The number of furan rings is 1. The molecule has 1 saturated heterocycles. The third-order valence-corrected chi connectivity index (χ3v) is 3.75. The van der Waals surface area contributed by atoms with Gasteiger partial charge in [0.15, 0.2) is 5.76 Å². The van der Waals surface area contributed by atoms with Gasteiger partial charge < -0.3 is 20.4 Å². The number of hydrogen-bond donors (Lipinski definition) is 2. The van der Waals surface area contributed by atoms with E-state index in [1.165, 1.54) is 0 Å². The Morgan fingerprint density at radius 3 is 2.90 bits per heavy atom. The molecule has 1 aliphatic rings. The molecule has 1 aromatic rings. The molecule has 0 spiro atoms. The lowest BCUT2D eigenvalue weighted by Gasteiger charge is -2.35. The first-order valence-corrected chi connectivity index (χ1v) is 7.46. The maximum Gasteiger partial charge on any atom is 0.289 e. The smallest absolute Gasteiger partial charge is 0.289 e. The number of carbonyl (C=O) groups is 2. The van der Waals surface area contributed by atoms with Crippen molar-refractivity contribution in [2.45, 2.75) is 38.6 Å². The standard InChI is InChI=1S/C15H23N3O3/c1-11-5-6-13(21-11)15(20)18-9-3-2-4-12(18)10-17-14(19)7-8-16/h5-6,12H,2-4,7-10,16H2,1H3,(H,17,19). The Hall–Kier alpha value is -1.82. The minimum atomic E-state index is -0.0964. The lowest BCUT2D eigenvalue weighted by atomic mass is 10.0. The van der Waals surface area contributed by atoms with E-state index in [2.05, 4.69) is 5.32 Å². The molecule has 6 heteroatoms.